The monoisotopic (exact) mass is 264 g/mol. The van der Waals surface area contributed by atoms with Gasteiger partial charge in [-0.25, -0.2) is 18.4 Å². The Labute approximate surface area is 102 Å². The van der Waals surface area contributed by atoms with Gasteiger partial charge >= 0.3 is 6.09 Å². The number of ether oxygens (including phenoxy) is 1. The summed E-state index contributed by atoms with van der Waals surface area (Å²) >= 11 is 0. The molecule has 0 aliphatic carbocycles. The second-order valence-corrected chi connectivity index (χ2v) is 6.69. The van der Waals surface area contributed by atoms with Gasteiger partial charge in [-0.05, 0) is 40.7 Å². The van der Waals surface area contributed by atoms with E-state index in [2.05, 4.69) is 5.32 Å². The molecule has 0 heterocycles. The minimum absolute atomic E-state index is 0.607. The van der Waals surface area contributed by atoms with Crippen LogP contribution in [-0.2, 0) is 14.8 Å². The normalized spacial score (nSPS) is 13.8. The quantitative estimate of drug-likeness (QED) is 0.797. The summed E-state index contributed by atoms with van der Waals surface area (Å²) in [7, 11) is -3.70. The number of alkyl carbamates (subject to hydrolysis) is 1. The lowest BCUT2D eigenvalue weighted by molar-refractivity contribution is 0.0491. The molecule has 0 spiro atoms. The Morgan fingerprint density at radius 1 is 1.24 bits per heavy atom. The number of amides is 1. The second-order valence-electron chi connectivity index (χ2n) is 5.24. The van der Waals surface area contributed by atoms with E-state index in [4.69, 9.17) is 9.88 Å². The number of primary sulfonamides is 1. The van der Waals surface area contributed by atoms with Gasteiger partial charge in [-0.1, -0.05) is 0 Å². The Bertz CT molecular complexity index is 405. The van der Waals surface area contributed by atoms with E-state index in [1.807, 2.05) is 0 Å². The average molecular weight is 264 g/mol. The fourth-order valence-corrected chi connectivity index (χ4v) is 1.40. The van der Waals surface area contributed by atoms with E-state index in [9.17, 15) is 13.2 Å². The van der Waals surface area contributed by atoms with Crippen molar-refractivity contribution in [2.24, 2.45) is 5.14 Å². The second kappa shape index (κ2) is 5.05. The molecule has 1 amide bonds. The van der Waals surface area contributed by atoms with Gasteiger partial charge in [0.2, 0.25) is 10.0 Å². The smallest absolute Gasteiger partial charge is 0.408 e. The Morgan fingerprint density at radius 3 is 2.06 bits per heavy atom. The summed E-state index contributed by atoms with van der Waals surface area (Å²) in [4.78, 5) is 11.5. The lowest BCUT2D eigenvalue weighted by Crippen LogP contribution is -2.44. The molecule has 0 rings (SSSR count). The lowest BCUT2D eigenvalue weighted by Gasteiger charge is -2.26. The average Bonchev–Trinajstić information content (AvgIpc) is 1.94. The van der Waals surface area contributed by atoms with Crippen LogP contribution in [0.5, 0.6) is 0 Å². The molecule has 0 fully saturated rings. The number of carbonyl (C=O) groups is 1. The van der Waals surface area contributed by atoms with Crippen molar-refractivity contribution in [3.8, 4) is 0 Å². The maximum absolute atomic E-state index is 11.5. The Kier molecular flexibility index (Phi) is 4.73. The Hall–Kier alpha value is -1.08. The first-order valence-corrected chi connectivity index (χ1v) is 6.65. The predicted octanol–water partition coefficient (Wildman–Crippen LogP) is 1.09. The number of nitrogens with one attached hydrogen (secondary N) is 1. The summed E-state index contributed by atoms with van der Waals surface area (Å²) in [6, 6.07) is 0. The molecule has 0 saturated heterocycles. The van der Waals surface area contributed by atoms with E-state index in [-0.39, 0.29) is 0 Å². The van der Waals surface area contributed by atoms with Crippen LogP contribution >= 0.6 is 0 Å². The van der Waals surface area contributed by atoms with Crippen LogP contribution in [0.25, 0.3) is 0 Å². The van der Waals surface area contributed by atoms with Crippen molar-refractivity contribution in [3.05, 3.63) is 11.5 Å². The molecule has 7 heteroatoms. The van der Waals surface area contributed by atoms with Gasteiger partial charge in [0.05, 0.1) is 5.54 Å². The molecular formula is C10H20N2O4S. The first-order valence-electron chi connectivity index (χ1n) is 5.04. The van der Waals surface area contributed by atoms with Crippen molar-refractivity contribution >= 4 is 16.1 Å². The van der Waals surface area contributed by atoms with Crippen LogP contribution in [0.2, 0.25) is 0 Å². The molecule has 0 aliphatic heterocycles. The van der Waals surface area contributed by atoms with Crippen molar-refractivity contribution in [2.45, 2.75) is 45.8 Å². The Morgan fingerprint density at radius 2 is 1.71 bits per heavy atom. The zero-order valence-corrected chi connectivity index (χ0v) is 11.6. The van der Waals surface area contributed by atoms with Crippen LogP contribution in [0, 0.1) is 0 Å². The zero-order valence-electron chi connectivity index (χ0n) is 10.8. The highest BCUT2D eigenvalue weighted by molar-refractivity contribution is 7.92. The summed E-state index contributed by atoms with van der Waals surface area (Å²) in [5, 5.41) is 8.17. The highest BCUT2D eigenvalue weighted by Gasteiger charge is 2.22. The van der Waals surface area contributed by atoms with Crippen LogP contribution < -0.4 is 10.5 Å². The van der Waals surface area contributed by atoms with E-state index in [0.717, 1.165) is 5.41 Å². The van der Waals surface area contributed by atoms with E-state index in [1.54, 1.807) is 34.6 Å². The van der Waals surface area contributed by atoms with Gasteiger partial charge in [0.1, 0.15) is 5.60 Å². The van der Waals surface area contributed by atoms with E-state index < -0.39 is 27.3 Å². The SMILES string of the molecule is CC(C)(/C=C/S(N)(=O)=O)NC(=O)OC(C)(C)C. The molecule has 3 N–H and O–H groups in total. The maximum Gasteiger partial charge on any atom is 0.408 e. The van der Waals surface area contributed by atoms with Crippen LogP contribution in [0.3, 0.4) is 0 Å². The fourth-order valence-electron chi connectivity index (χ4n) is 0.873. The zero-order chi connectivity index (χ0) is 13.9. The van der Waals surface area contributed by atoms with Gasteiger partial charge < -0.3 is 10.1 Å². The molecule has 0 aliphatic rings. The Balaban J connectivity index is 4.56. The van der Waals surface area contributed by atoms with Gasteiger partial charge in [0.15, 0.2) is 0 Å². The molecule has 0 radical (unpaired) electrons. The number of nitrogens with two attached hydrogens (primary N) is 1. The van der Waals surface area contributed by atoms with E-state index in [1.165, 1.54) is 6.08 Å². The first-order chi connectivity index (χ1) is 7.31. The van der Waals surface area contributed by atoms with Crippen LogP contribution in [-0.4, -0.2) is 25.7 Å². The summed E-state index contributed by atoms with van der Waals surface area (Å²) in [5.74, 6) is 0. The highest BCUT2D eigenvalue weighted by Crippen LogP contribution is 2.10. The van der Waals surface area contributed by atoms with Crippen molar-refractivity contribution in [1.29, 1.82) is 0 Å². The summed E-state index contributed by atoms with van der Waals surface area (Å²) < 4.78 is 26.5. The topological polar surface area (TPSA) is 98.5 Å². The summed E-state index contributed by atoms with van der Waals surface area (Å²) in [6.45, 7) is 8.45. The number of hydrogen-bond acceptors (Lipinski definition) is 4. The molecule has 0 aromatic rings. The number of carbonyl (C=O) groups excluding carboxylic acids is 1. The molecular weight excluding hydrogens is 244 g/mol. The third-order valence-electron chi connectivity index (χ3n) is 1.50. The minimum Gasteiger partial charge on any atom is -0.444 e. The minimum atomic E-state index is -3.70. The number of hydrogen-bond donors (Lipinski definition) is 2. The largest absolute Gasteiger partial charge is 0.444 e. The third kappa shape index (κ3) is 9.83. The number of rotatable bonds is 3. The molecule has 100 valence electrons. The van der Waals surface area contributed by atoms with E-state index >= 15 is 0 Å². The molecule has 17 heavy (non-hydrogen) atoms. The predicted molar refractivity (Wildman–Crippen MR) is 65.7 cm³/mol. The highest BCUT2D eigenvalue weighted by atomic mass is 32.2. The van der Waals surface area contributed by atoms with Crippen molar-refractivity contribution in [3.63, 3.8) is 0 Å². The van der Waals surface area contributed by atoms with Gasteiger partial charge in [0.25, 0.3) is 0 Å². The van der Waals surface area contributed by atoms with E-state index in [0.29, 0.717) is 0 Å². The van der Waals surface area contributed by atoms with Crippen molar-refractivity contribution in [1.82, 2.24) is 5.32 Å². The van der Waals surface area contributed by atoms with Crippen LogP contribution in [0.4, 0.5) is 4.79 Å². The summed E-state index contributed by atoms with van der Waals surface area (Å²) in [5.41, 5.74) is -1.47. The molecule has 6 nitrogen and oxygen atoms in total. The van der Waals surface area contributed by atoms with Crippen molar-refractivity contribution < 1.29 is 17.9 Å². The standard InChI is InChI=1S/C10H20N2O4S/c1-9(2,3)16-8(13)12-10(4,5)6-7-17(11,14)15/h6-7H,1-5H3,(H,12,13)(H2,11,14,15)/b7-6+. The molecule has 0 bridgehead atoms. The van der Waals surface area contributed by atoms with Crippen LogP contribution in [0.15, 0.2) is 11.5 Å². The number of sulfonamides is 1. The molecule has 0 unspecified atom stereocenters. The maximum atomic E-state index is 11.5. The van der Waals surface area contributed by atoms with Gasteiger partial charge in [-0.3, -0.25) is 0 Å². The lowest BCUT2D eigenvalue weighted by atomic mass is 10.1. The van der Waals surface area contributed by atoms with Gasteiger partial charge in [0, 0.05) is 5.41 Å². The van der Waals surface area contributed by atoms with Gasteiger partial charge in [-0.15, -0.1) is 0 Å². The molecule has 0 atom stereocenters. The fraction of sp³-hybridized carbons (Fsp3) is 0.700. The first kappa shape index (κ1) is 15.9. The third-order valence-corrected chi connectivity index (χ3v) is 2.01. The van der Waals surface area contributed by atoms with Crippen molar-refractivity contribution in [2.75, 3.05) is 0 Å². The van der Waals surface area contributed by atoms with Gasteiger partial charge in [-0.2, -0.15) is 0 Å². The van der Waals surface area contributed by atoms with Crippen LogP contribution in [0.1, 0.15) is 34.6 Å². The molecule has 0 aromatic carbocycles. The summed E-state index contributed by atoms with van der Waals surface area (Å²) in [6.07, 6.45) is 0.660. The molecule has 0 saturated carbocycles. The molecule has 0 aromatic heterocycles.